The van der Waals surface area contributed by atoms with E-state index in [-0.39, 0.29) is 6.10 Å². The molecule has 0 bridgehead atoms. The summed E-state index contributed by atoms with van der Waals surface area (Å²) in [7, 11) is 1.29. The van der Waals surface area contributed by atoms with Gasteiger partial charge in [-0.1, -0.05) is 6.92 Å². The minimum atomic E-state index is -1.56. The molecule has 2 fully saturated rings. The van der Waals surface area contributed by atoms with Crippen LogP contribution in [0.2, 0.25) is 0 Å². The third-order valence-electron chi connectivity index (χ3n) is 5.15. The van der Waals surface area contributed by atoms with Crippen LogP contribution in [0.15, 0.2) is 0 Å². The van der Waals surface area contributed by atoms with Crippen molar-refractivity contribution in [2.75, 3.05) is 20.3 Å². The standard InChI is InChI=1S/C17H32O11/c1-4-7(2)25-16-13(23)11(21)15(9(6-19)27-16)28-17-12(22)10(20)14(24-3)8(5-18)26-17/h7-23H,4-6H2,1-3H3/t7-,8?,9?,10?,11?,12?,13?,14?,15?,16?,17?/m0/s1. The summed E-state index contributed by atoms with van der Waals surface area (Å²) in [6.07, 6.45) is -12.6. The molecule has 0 amide bonds. The molecule has 2 saturated heterocycles. The Morgan fingerprint density at radius 3 is 1.86 bits per heavy atom. The second-order valence-electron chi connectivity index (χ2n) is 7.07. The van der Waals surface area contributed by atoms with Crippen LogP contribution in [0.5, 0.6) is 0 Å². The predicted octanol–water partition coefficient (Wildman–Crippen LogP) is -2.92. The fraction of sp³-hybridized carbons (Fsp3) is 1.00. The normalized spacial score (nSPS) is 45.8. The van der Waals surface area contributed by atoms with Crippen molar-refractivity contribution in [1.82, 2.24) is 0 Å². The molecule has 11 heteroatoms. The van der Waals surface area contributed by atoms with Crippen molar-refractivity contribution >= 4 is 0 Å². The van der Waals surface area contributed by atoms with Crippen LogP contribution in [0.1, 0.15) is 20.3 Å². The van der Waals surface area contributed by atoms with Crippen molar-refractivity contribution in [3.8, 4) is 0 Å². The lowest BCUT2D eigenvalue weighted by Gasteiger charge is -2.46. The van der Waals surface area contributed by atoms with Gasteiger partial charge in [0.25, 0.3) is 0 Å². The van der Waals surface area contributed by atoms with Crippen molar-refractivity contribution in [3.05, 3.63) is 0 Å². The average molecular weight is 412 g/mol. The second kappa shape index (κ2) is 10.5. The van der Waals surface area contributed by atoms with E-state index in [0.717, 1.165) is 0 Å². The Labute approximate surface area is 163 Å². The summed E-state index contributed by atoms with van der Waals surface area (Å²) >= 11 is 0. The lowest BCUT2D eigenvalue weighted by atomic mass is 9.97. The zero-order chi connectivity index (χ0) is 21.0. The second-order valence-corrected chi connectivity index (χ2v) is 7.07. The molecule has 0 saturated carbocycles. The smallest absolute Gasteiger partial charge is 0.187 e. The first kappa shape index (κ1) is 23.8. The monoisotopic (exact) mass is 412 g/mol. The van der Waals surface area contributed by atoms with Gasteiger partial charge in [0.05, 0.1) is 19.3 Å². The molecule has 166 valence electrons. The summed E-state index contributed by atoms with van der Waals surface area (Å²) < 4.78 is 27.1. The largest absolute Gasteiger partial charge is 0.394 e. The topological polar surface area (TPSA) is 168 Å². The highest BCUT2D eigenvalue weighted by atomic mass is 16.7. The lowest BCUT2D eigenvalue weighted by Crippen LogP contribution is -2.65. The molecule has 0 aromatic carbocycles. The van der Waals surface area contributed by atoms with E-state index in [1.54, 1.807) is 6.92 Å². The van der Waals surface area contributed by atoms with E-state index in [4.69, 9.17) is 23.7 Å². The van der Waals surface area contributed by atoms with E-state index >= 15 is 0 Å². The minimum absolute atomic E-state index is 0.251. The maximum absolute atomic E-state index is 10.5. The Hall–Kier alpha value is -0.440. The summed E-state index contributed by atoms with van der Waals surface area (Å²) in [5, 5.41) is 60.3. The third kappa shape index (κ3) is 4.99. The maximum atomic E-state index is 10.5. The fourth-order valence-electron chi connectivity index (χ4n) is 3.27. The van der Waals surface area contributed by atoms with Crippen molar-refractivity contribution < 1.29 is 54.3 Å². The van der Waals surface area contributed by atoms with Gasteiger partial charge in [0, 0.05) is 7.11 Å². The Morgan fingerprint density at radius 2 is 1.32 bits per heavy atom. The van der Waals surface area contributed by atoms with Gasteiger partial charge in [-0.15, -0.1) is 0 Å². The van der Waals surface area contributed by atoms with Gasteiger partial charge in [0.15, 0.2) is 12.6 Å². The van der Waals surface area contributed by atoms with E-state index in [9.17, 15) is 30.6 Å². The average Bonchev–Trinajstić information content (AvgIpc) is 2.70. The van der Waals surface area contributed by atoms with Crippen LogP contribution in [-0.2, 0) is 23.7 Å². The van der Waals surface area contributed by atoms with E-state index in [2.05, 4.69) is 0 Å². The number of methoxy groups -OCH3 is 1. The highest BCUT2D eigenvalue weighted by molar-refractivity contribution is 4.94. The SMILES string of the molecule is CC[C@H](C)OC1OC(CO)C(OC2OC(CO)C(OC)C(O)C2O)C(O)C1O. The van der Waals surface area contributed by atoms with Gasteiger partial charge in [-0.2, -0.15) is 0 Å². The van der Waals surface area contributed by atoms with E-state index < -0.39 is 74.6 Å². The fourth-order valence-corrected chi connectivity index (χ4v) is 3.27. The molecule has 11 nitrogen and oxygen atoms in total. The van der Waals surface area contributed by atoms with E-state index in [1.165, 1.54) is 7.11 Å². The molecule has 0 aromatic heterocycles. The number of aliphatic hydroxyl groups excluding tert-OH is 6. The minimum Gasteiger partial charge on any atom is -0.394 e. The summed E-state index contributed by atoms with van der Waals surface area (Å²) in [6.45, 7) is 2.57. The van der Waals surface area contributed by atoms with Crippen LogP contribution >= 0.6 is 0 Å². The lowest BCUT2D eigenvalue weighted by molar-refractivity contribution is -0.363. The number of rotatable bonds is 8. The van der Waals surface area contributed by atoms with Crippen LogP contribution in [0.25, 0.3) is 0 Å². The van der Waals surface area contributed by atoms with E-state index in [0.29, 0.717) is 6.42 Å². The molecule has 2 rings (SSSR count). The van der Waals surface area contributed by atoms with Gasteiger partial charge in [-0.05, 0) is 13.3 Å². The summed E-state index contributed by atoms with van der Waals surface area (Å²) in [5.41, 5.74) is 0. The molecule has 10 unspecified atom stereocenters. The first-order valence-electron chi connectivity index (χ1n) is 9.37. The number of hydrogen-bond acceptors (Lipinski definition) is 11. The molecule has 2 aliphatic rings. The number of hydrogen-bond donors (Lipinski definition) is 6. The molecule has 0 aromatic rings. The third-order valence-corrected chi connectivity index (χ3v) is 5.15. The Morgan fingerprint density at radius 1 is 0.821 bits per heavy atom. The maximum Gasteiger partial charge on any atom is 0.187 e. The van der Waals surface area contributed by atoms with Crippen molar-refractivity contribution in [2.45, 2.75) is 87.8 Å². The van der Waals surface area contributed by atoms with Crippen molar-refractivity contribution in [1.29, 1.82) is 0 Å². The summed E-state index contributed by atoms with van der Waals surface area (Å²) in [5.74, 6) is 0. The van der Waals surface area contributed by atoms with Gasteiger partial charge < -0.3 is 54.3 Å². The molecule has 2 heterocycles. The first-order chi connectivity index (χ1) is 13.3. The van der Waals surface area contributed by atoms with Crippen LogP contribution < -0.4 is 0 Å². The van der Waals surface area contributed by atoms with Gasteiger partial charge in [0.1, 0.15) is 48.8 Å². The Kier molecular flexibility index (Phi) is 8.98. The van der Waals surface area contributed by atoms with Gasteiger partial charge >= 0.3 is 0 Å². The van der Waals surface area contributed by atoms with Crippen LogP contribution in [0.3, 0.4) is 0 Å². The summed E-state index contributed by atoms with van der Waals surface area (Å²) in [4.78, 5) is 0. The molecule has 28 heavy (non-hydrogen) atoms. The quantitative estimate of drug-likeness (QED) is 0.242. The molecule has 0 spiro atoms. The number of aliphatic hydroxyl groups is 6. The predicted molar refractivity (Wildman–Crippen MR) is 92.0 cm³/mol. The molecular weight excluding hydrogens is 380 g/mol. The first-order valence-corrected chi connectivity index (χ1v) is 9.37. The van der Waals surface area contributed by atoms with Crippen molar-refractivity contribution in [2.24, 2.45) is 0 Å². The molecule has 6 N–H and O–H groups in total. The highest BCUT2D eigenvalue weighted by Gasteiger charge is 2.51. The molecule has 2 aliphatic heterocycles. The molecule has 0 radical (unpaired) electrons. The van der Waals surface area contributed by atoms with E-state index in [1.807, 2.05) is 6.92 Å². The zero-order valence-electron chi connectivity index (χ0n) is 16.2. The molecule has 0 aliphatic carbocycles. The zero-order valence-corrected chi connectivity index (χ0v) is 16.2. The van der Waals surface area contributed by atoms with Gasteiger partial charge in [0.2, 0.25) is 0 Å². The molecular formula is C17H32O11. The molecule has 11 atom stereocenters. The Balaban J connectivity index is 2.11. The number of ether oxygens (including phenoxy) is 5. The van der Waals surface area contributed by atoms with Crippen LogP contribution in [0, 0.1) is 0 Å². The summed E-state index contributed by atoms with van der Waals surface area (Å²) in [6, 6.07) is 0. The van der Waals surface area contributed by atoms with Crippen LogP contribution in [-0.4, -0.2) is 118 Å². The highest BCUT2D eigenvalue weighted by Crippen LogP contribution is 2.30. The Bertz CT molecular complexity index is 462. The van der Waals surface area contributed by atoms with Gasteiger partial charge in [-0.3, -0.25) is 0 Å². The van der Waals surface area contributed by atoms with Crippen molar-refractivity contribution in [3.63, 3.8) is 0 Å². The van der Waals surface area contributed by atoms with Crippen LogP contribution in [0.4, 0.5) is 0 Å². The van der Waals surface area contributed by atoms with Gasteiger partial charge in [-0.25, -0.2) is 0 Å².